The van der Waals surface area contributed by atoms with Crippen LogP contribution in [0.15, 0.2) is 58.4 Å². The van der Waals surface area contributed by atoms with Gasteiger partial charge in [-0.3, -0.25) is 9.98 Å². The second-order valence-corrected chi connectivity index (χ2v) is 4.12. The van der Waals surface area contributed by atoms with E-state index >= 15 is 0 Å². The predicted molar refractivity (Wildman–Crippen MR) is 66.1 cm³/mol. The van der Waals surface area contributed by atoms with E-state index in [9.17, 15) is 0 Å². The zero-order chi connectivity index (χ0) is 11.1. The van der Waals surface area contributed by atoms with Gasteiger partial charge in [0.05, 0.1) is 11.4 Å². The Balaban J connectivity index is 2.19. The maximum Gasteiger partial charge on any atom is 0.0741 e. The lowest BCUT2D eigenvalue weighted by Crippen LogP contribution is -1.94. The van der Waals surface area contributed by atoms with Crippen LogP contribution in [0.25, 0.3) is 5.57 Å². The third-order valence-corrected chi connectivity index (χ3v) is 2.86. The highest BCUT2D eigenvalue weighted by atomic mass is 14.8. The second-order valence-electron chi connectivity index (χ2n) is 4.12. The lowest BCUT2D eigenvalue weighted by molar-refractivity contribution is 1.28. The highest BCUT2D eigenvalue weighted by molar-refractivity contribution is 6.25. The highest BCUT2D eigenvalue weighted by Gasteiger charge is 2.24. The summed E-state index contributed by atoms with van der Waals surface area (Å²) in [4.78, 5) is 8.92. The molecule has 2 aliphatic rings. The van der Waals surface area contributed by atoms with Gasteiger partial charge in [0.2, 0.25) is 0 Å². The maximum absolute atomic E-state index is 4.53. The van der Waals surface area contributed by atoms with Crippen LogP contribution in [0.2, 0.25) is 0 Å². The maximum atomic E-state index is 4.53. The van der Waals surface area contributed by atoms with Crippen molar-refractivity contribution in [2.45, 2.75) is 13.8 Å². The average Bonchev–Trinajstić information content (AvgIpc) is 2.80. The molecule has 0 fully saturated rings. The van der Waals surface area contributed by atoms with E-state index in [1.807, 2.05) is 31.3 Å². The van der Waals surface area contributed by atoms with Gasteiger partial charge in [-0.25, -0.2) is 0 Å². The molecule has 0 N–H and O–H groups in total. The smallest absolute Gasteiger partial charge is 0.0741 e. The van der Waals surface area contributed by atoms with Gasteiger partial charge in [0.15, 0.2) is 0 Å². The second kappa shape index (κ2) is 3.27. The van der Waals surface area contributed by atoms with Crippen LogP contribution >= 0.6 is 0 Å². The standard InChI is InChI=1S/C14H12N2/c1-9-7-11(13-5-3-4-6-15-13)12-8-10(2)16-14(9)12/h3-8H,1-2H3. The molecule has 16 heavy (non-hydrogen) atoms. The molecule has 0 amide bonds. The summed E-state index contributed by atoms with van der Waals surface area (Å²) in [6.45, 7) is 4.13. The van der Waals surface area contributed by atoms with E-state index in [0.717, 1.165) is 17.1 Å². The SMILES string of the molecule is CC1=CC2=C(c3ccccn3)C=C(C)C2=N1. The minimum Gasteiger partial charge on any atom is -0.256 e. The van der Waals surface area contributed by atoms with E-state index in [-0.39, 0.29) is 0 Å². The van der Waals surface area contributed by atoms with Gasteiger partial charge in [-0.2, -0.15) is 0 Å². The first-order chi connectivity index (χ1) is 7.75. The van der Waals surface area contributed by atoms with Gasteiger partial charge in [-0.05, 0) is 43.7 Å². The number of hydrogen-bond acceptors (Lipinski definition) is 2. The number of nitrogens with zero attached hydrogens (tertiary/aromatic N) is 2. The van der Waals surface area contributed by atoms with Crippen LogP contribution in [-0.2, 0) is 0 Å². The molecule has 2 heterocycles. The summed E-state index contributed by atoms with van der Waals surface area (Å²) in [5.41, 5.74) is 6.84. The van der Waals surface area contributed by atoms with Gasteiger partial charge < -0.3 is 0 Å². The Morgan fingerprint density at radius 1 is 1.00 bits per heavy atom. The highest BCUT2D eigenvalue weighted by Crippen LogP contribution is 2.34. The summed E-state index contributed by atoms with van der Waals surface area (Å²) >= 11 is 0. The number of aromatic nitrogens is 1. The molecule has 2 heteroatoms. The van der Waals surface area contributed by atoms with Crippen LogP contribution in [0.3, 0.4) is 0 Å². The van der Waals surface area contributed by atoms with E-state index in [4.69, 9.17) is 0 Å². The molecule has 0 bridgehead atoms. The molecule has 1 aromatic rings. The molecule has 0 saturated heterocycles. The summed E-state index contributed by atoms with van der Waals surface area (Å²) in [6, 6.07) is 5.99. The number of hydrogen-bond donors (Lipinski definition) is 0. The fourth-order valence-electron chi connectivity index (χ4n) is 2.15. The molecule has 3 rings (SSSR count). The van der Waals surface area contributed by atoms with Crippen molar-refractivity contribution in [2.75, 3.05) is 0 Å². The van der Waals surface area contributed by atoms with Crippen molar-refractivity contribution < 1.29 is 0 Å². The molecule has 0 spiro atoms. The van der Waals surface area contributed by atoms with Gasteiger partial charge >= 0.3 is 0 Å². The monoisotopic (exact) mass is 208 g/mol. The molecule has 1 aromatic heterocycles. The molecule has 0 saturated carbocycles. The van der Waals surface area contributed by atoms with Gasteiger partial charge in [-0.1, -0.05) is 6.07 Å². The van der Waals surface area contributed by atoms with Gasteiger partial charge in [0.25, 0.3) is 0 Å². The topological polar surface area (TPSA) is 25.2 Å². The molecule has 0 unspecified atom stereocenters. The van der Waals surface area contributed by atoms with Crippen molar-refractivity contribution in [1.82, 2.24) is 4.98 Å². The van der Waals surface area contributed by atoms with Gasteiger partial charge in [0, 0.05) is 23.0 Å². The molecule has 1 aliphatic carbocycles. The average molecular weight is 208 g/mol. The van der Waals surface area contributed by atoms with Crippen LogP contribution in [0, 0.1) is 0 Å². The van der Waals surface area contributed by atoms with E-state index in [1.54, 1.807) is 0 Å². The van der Waals surface area contributed by atoms with Crippen LogP contribution in [0.5, 0.6) is 0 Å². The van der Waals surface area contributed by atoms with Crippen molar-refractivity contribution in [1.29, 1.82) is 0 Å². The zero-order valence-electron chi connectivity index (χ0n) is 9.36. The van der Waals surface area contributed by atoms with Crippen LogP contribution in [-0.4, -0.2) is 10.7 Å². The van der Waals surface area contributed by atoms with Crippen LogP contribution < -0.4 is 0 Å². The van der Waals surface area contributed by atoms with E-state index < -0.39 is 0 Å². The molecule has 2 nitrogen and oxygen atoms in total. The molecular weight excluding hydrogens is 196 g/mol. The third-order valence-electron chi connectivity index (χ3n) is 2.86. The minimum atomic E-state index is 1.02. The van der Waals surface area contributed by atoms with Crippen molar-refractivity contribution in [3.8, 4) is 0 Å². The summed E-state index contributed by atoms with van der Waals surface area (Å²) in [7, 11) is 0. The van der Waals surface area contributed by atoms with Gasteiger partial charge in [-0.15, -0.1) is 0 Å². The van der Waals surface area contributed by atoms with Gasteiger partial charge in [0.1, 0.15) is 0 Å². The Hall–Kier alpha value is -1.96. The normalized spacial score (nSPS) is 18.2. The molecule has 0 atom stereocenters. The first-order valence-electron chi connectivity index (χ1n) is 5.37. The molecule has 0 aromatic carbocycles. The summed E-state index contributed by atoms with van der Waals surface area (Å²) < 4.78 is 0. The first-order valence-corrected chi connectivity index (χ1v) is 5.37. The van der Waals surface area contributed by atoms with E-state index in [2.05, 4.69) is 29.1 Å². The Labute approximate surface area is 94.8 Å². The van der Waals surface area contributed by atoms with Crippen molar-refractivity contribution in [3.05, 3.63) is 59.1 Å². The predicted octanol–water partition coefficient (Wildman–Crippen LogP) is 3.15. The Bertz CT molecular complexity index is 572. The Morgan fingerprint density at radius 3 is 2.62 bits per heavy atom. The Morgan fingerprint density at radius 2 is 1.88 bits per heavy atom. The van der Waals surface area contributed by atoms with Crippen molar-refractivity contribution in [2.24, 2.45) is 4.99 Å². The number of allylic oxidation sites excluding steroid dienone is 6. The summed E-state index contributed by atoms with van der Waals surface area (Å²) in [6.07, 6.45) is 6.12. The van der Waals surface area contributed by atoms with Crippen LogP contribution in [0.1, 0.15) is 19.5 Å². The minimum absolute atomic E-state index is 1.02. The summed E-state index contributed by atoms with van der Waals surface area (Å²) in [5.74, 6) is 0. The quantitative estimate of drug-likeness (QED) is 0.696. The van der Waals surface area contributed by atoms with E-state index in [1.165, 1.54) is 16.7 Å². The summed E-state index contributed by atoms with van der Waals surface area (Å²) in [5, 5.41) is 0. The Kier molecular flexibility index (Phi) is 1.90. The largest absolute Gasteiger partial charge is 0.256 e. The number of aliphatic imine (C=N–C) groups is 1. The van der Waals surface area contributed by atoms with Crippen molar-refractivity contribution >= 4 is 11.3 Å². The number of pyridine rings is 1. The fraction of sp³-hybridized carbons (Fsp3) is 0.143. The molecular formula is C14H12N2. The molecule has 78 valence electrons. The zero-order valence-corrected chi connectivity index (χ0v) is 9.36. The fourth-order valence-corrected chi connectivity index (χ4v) is 2.15. The lowest BCUT2D eigenvalue weighted by atomic mass is 10.1. The number of fused-ring (bicyclic) bond motifs is 1. The van der Waals surface area contributed by atoms with Crippen LogP contribution in [0.4, 0.5) is 0 Å². The van der Waals surface area contributed by atoms with Crippen molar-refractivity contribution in [3.63, 3.8) is 0 Å². The molecule has 1 aliphatic heterocycles. The van der Waals surface area contributed by atoms with E-state index in [0.29, 0.717) is 0 Å². The molecule has 0 radical (unpaired) electrons. The first kappa shape index (κ1) is 9.28. The third kappa shape index (κ3) is 1.27. The number of rotatable bonds is 1. The lowest BCUT2D eigenvalue weighted by Gasteiger charge is -2.00.